The van der Waals surface area contributed by atoms with Gasteiger partial charge in [-0.15, -0.1) is 11.8 Å². The van der Waals surface area contributed by atoms with Gasteiger partial charge < -0.3 is 10.4 Å². The number of carboxylic acids is 1. The third-order valence-electron chi connectivity index (χ3n) is 2.95. The summed E-state index contributed by atoms with van der Waals surface area (Å²) in [5.74, 6) is -2.19. The van der Waals surface area contributed by atoms with Gasteiger partial charge in [0.05, 0.1) is 0 Å². The van der Waals surface area contributed by atoms with Crippen LogP contribution < -0.4 is 5.32 Å². The number of hydrogen-bond acceptors (Lipinski definition) is 6. The second-order valence-corrected chi connectivity index (χ2v) is 5.48. The number of nitrogens with zero attached hydrogens (tertiary/aromatic N) is 2. The number of aliphatic carboxylic acids is 1. The smallest absolute Gasteiger partial charge is 0.352 e. The lowest BCUT2D eigenvalue weighted by Gasteiger charge is -2.49. The Kier molecular flexibility index (Phi) is 3.66. The molecule has 10 heteroatoms. The van der Waals surface area contributed by atoms with Crippen molar-refractivity contribution in [2.45, 2.75) is 18.3 Å². The van der Waals surface area contributed by atoms with Crippen LogP contribution in [0, 0.1) is 10.1 Å². The molecule has 20 heavy (non-hydrogen) atoms. The molecule has 0 spiro atoms. The Morgan fingerprint density at radius 1 is 1.60 bits per heavy atom. The number of thioether (sulfide) groups is 1. The van der Waals surface area contributed by atoms with Crippen molar-refractivity contribution in [3.8, 4) is 0 Å². The fraction of sp³-hybridized carbons (Fsp3) is 0.500. The summed E-state index contributed by atoms with van der Waals surface area (Å²) in [6, 6.07) is -0.908. The standard InChI is InChI=1S/C10H11N3O6S/c1-4-3-20-9-6(11-5(14)2-12(18)19)8(15)13(9)7(4)10(16)17/h6,9H,2-3H2,1H3,(H,11,14)(H,16,17)/t6?,9-/m1/s1. The minimum atomic E-state index is -1.20. The molecule has 2 heterocycles. The molecule has 0 saturated carbocycles. The van der Waals surface area contributed by atoms with Gasteiger partial charge in [-0.1, -0.05) is 0 Å². The van der Waals surface area contributed by atoms with Crippen molar-refractivity contribution < 1.29 is 24.4 Å². The first kappa shape index (κ1) is 14.3. The average Bonchev–Trinajstić information content (AvgIpc) is 2.34. The molecule has 1 saturated heterocycles. The molecule has 0 aliphatic carbocycles. The second-order valence-electron chi connectivity index (χ2n) is 4.38. The molecule has 0 aromatic carbocycles. The highest BCUT2D eigenvalue weighted by Gasteiger charge is 2.53. The number of β-lactam (4-membered cyclic amide) rings is 1. The van der Waals surface area contributed by atoms with Crippen LogP contribution in [-0.2, 0) is 14.4 Å². The van der Waals surface area contributed by atoms with E-state index in [1.54, 1.807) is 6.92 Å². The molecule has 1 unspecified atom stereocenters. The number of rotatable bonds is 4. The average molecular weight is 301 g/mol. The minimum absolute atomic E-state index is 0.0708. The lowest BCUT2D eigenvalue weighted by Crippen LogP contribution is -2.70. The summed E-state index contributed by atoms with van der Waals surface area (Å²) < 4.78 is 0. The van der Waals surface area contributed by atoms with E-state index in [0.29, 0.717) is 11.3 Å². The number of amides is 2. The third-order valence-corrected chi connectivity index (χ3v) is 4.37. The Bertz CT molecular complexity index is 545. The quantitative estimate of drug-likeness (QED) is 0.388. The van der Waals surface area contributed by atoms with Crippen molar-refractivity contribution in [3.05, 3.63) is 21.4 Å². The molecule has 2 aliphatic rings. The van der Waals surface area contributed by atoms with E-state index in [0.717, 1.165) is 4.90 Å². The summed E-state index contributed by atoms with van der Waals surface area (Å²) in [7, 11) is 0. The van der Waals surface area contributed by atoms with E-state index >= 15 is 0 Å². The van der Waals surface area contributed by atoms with Gasteiger partial charge in [-0.3, -0.25) is 24.6 Å². The monoisotopic (exact) mass is 301 g/mol. The molecule has 2 aliphatic heterocycles. The maximum atomic E-state index is 11.9. The van der Waals surface area contributed by atoms with Gasteiger partial charge in [0.2, 0.25) is 0 Å². The van der Waals surface area contributed by atoms with Gasteiger partial charge in [-0.2, -0.15) is 0 Å². The van der Waals surface area contributed by atoms with Crippen LogP contribution in [0.4, 0.5) is 0 Å². The number of carboxylic acid groups (broad SMARTS) is 1. The second kappa shape index (κ2) is 5.12. The first-order valence-electron chi connectivity index (χ1n) is 5.61. The topological polar surface area (TPSA) is 130 Å². The highest BCUT2D eigenvalue weighted by molar-refractivity contribution is 8.00. The molecule has 0 aromatic rings. The Morgan fingerprint density at radius 3 is 2.80 bits per heavy atom. The van der Waals surface area contributed by atoms with E-state index in [9.17, 15) is 24.5 Å². The Balaban J connectivity index is 2.10. The predicted molar refractivity (Wildman–Crippen MR) is 67.2 cm³/mol. The summed E-state index contributed by atoms with van der Waals surface area (Å²) >= 11 is 1.31. The van der Waals surface area contributed by atoms with Gasteiger partial charge in [-0.05, 0) is 12.5 Å². The molecule has 0 radical (unpaired) electrons. The van der Waals surface area contributed by atoms with E-state index in [1.165, 1.54) is 11.8 Å². The molecule has 9 nitrogen and oxygen atoms in total. The van der Waals surface area contributed by atoms with Gasteiger partial charge in [0.1, 0.15) is 17.1 Å². The largest absolute Gasteiger partial charge is 0.477 e. The van der Waals surface area contributed by atoms with Crippen LogP contribution >= 0.6 is 11.8 Å². The SMILES string of the molecule is CC1=C(C(=O)O)N2C(=O)C(NC(=O)C[N+](=O)[O-])[C@H]2SC1. The lowest BCUT2D eigenvalue weighted by molar-refractivity contribution is -0.467. The molecule has 2 amide bonds. The van der Waals surface area contributed by atoms with E-state index in [-0.39, 0.29) is 5.70 Å². The predicted octanol–water partition coefficient (Wildman–Crippen LogP) is -0.978. The van der Waals surface area contributed by atoms with E-state index < -0.39 is 40.7 Å². The highest BCUT2D eigenvalue weighted by Crippen LogP contribution is 2.39. The molecular weight excluding hydrogens is 290 g/mol. The first-order valence-corrected chi connectivity index (χ1v) is 6.66. The number of hydrogen-bond donors (Lipinski definition) is 2. The van der Waals surface area contributed by atoms with Crippen LogP contribution in [0.2, 0.25) is 0 Å². The van der Waals surface area contributed by atoms with Crippen LogP contribution in [0.3, 0.4) is 0 Å². The zero-order valence-electron chi connectivity index (χ0n) is 10.4. The van der Waals surface area contributed by atoms with Gasteiger partial charge in [0, 0.05) is 10.7 Å². The van der Waals surface area contributed by atoms with Crippen molar-refractivity contribution in [1.82, 2.24) is 10.2 Å². The number of carbonyl (C=O) groups is 3. The lowest BCUT2D eigenvalue weighted by atomic mass is 10.0. The van der Waals surface area contributed by atoms with E-state index in [1.807, 2.05) is 0 Å². The van der Waals surface area contributed by atoms with Gasteiger partial charge in [0.25, 0.3) is 18.4 Å². The Labute approximate surface area is 117 Å². The zero-order valence-corrected chi connectivity index (χ0v) is 11.2. The van der Waals surface area contributed by atoms with Crippen molar-refractivity contribution in [2.75, 3.05) is 12.3 Å². The zero-order chi connectivity index (χ0) is 15.0. The third kappa shape index (κ3) is 2.33. The van der Waals surface area contributed by atoms with Crippen LogP contribution in [0.25, 0.3) is 0 Å². The van der Waals surface area contributed by atoms with Gasteiger partial charge in [-0.25, -0.2) is 4.79 Å². The Hall–Kier alpha value is -2.10. The molecule has 1 fully saturated rings. The molecule has 0 aromatic heterocycles. The van der Waals surface area contributed by atoms with Gasteiger partial charge >= 0.3 is 5.97 Å². The fourth-order valence-corrected chi connectivity index (χ4v) is 3.40. The summed E-state index contributed by atoms with van der Waals surface area (Å²) in [4.78, 5) is 44.9. The summed E-state index contributed by atoms with van der Waals surface area (Å²) in [6.45, 7) is 0.709. The number of fused-ring (bicyclic) bond motifs is 1. The minimum Gasteiger partial charge on any atom is -0.477 e. The maximum Gasteiger partial charge on any atom is 0.352 e. The van der Waals surface area contributed by atoms with Crippen LogP contribution in [0.15, 0.2) is 11.3 Å². The number of nitrogens with one attached hydrogen (secondary N) is 1. The Morgan fingerprint density at radius 2 is 2.25 bits per heavy atom. The normalized spacial score (nSPS) is 24.9. The van der Waals surface area contributed by atoms with Crippen molar-refractivity contribution >= 4 is 29.5 Å². The molecule has 0 bridgehead atoms. The molecule has 2 rings (SSSR count). The van der Waals surface area contributed by atoms with Gasteiger partial charge in [0.15, 0.2) is 0 Å². The molecule has 2 atom stereocenters. The van der Waals surface area contributed by atoms with Crippen LogP contribution in [-0.4, -0.2) is 56.4 Å². The summed E-state index contributed by atoms with van der Waals surface area (Å²) in [5, 5.41) is 21.0. The molecular formula is C10H11N3O6S. The first-order chi connectivity index (χ1) is 9.32. The summed E-state index contributed by atoms with van der Waals surface area (Å²) in [5.41, 5.74) is 0.501. The molecule has 108 valence electrons. The fourth-order valence-electron chi connectivity index (χ4n) is 2.11. The van der Waals surface area contributed by atoms with Crippen molar-refractivity contribution in [3.63, 3.8) is 0 Å². The van der Waals surface area contributed by atoms with Crippen molar-refractivity contribution in [1.29, 1.82) is 0 Å². The number of carbonyl (C=O) groups excluding carboxylic acids is 2. The van der Waals surface area contributed by atoms with Crippen molar-refractivity contribution in [2.24, 2.45) is 0 Å². The van der Waals surface area contributed by atoms with E-state index in [4.69, 9.17) is 5.11 Å². The molecule has 2 N–H and O–H groups in total. The maximum absolute atomic E-state index is 11.9. The summed E-state index contributed by atoms with van der Waals surface area (Å²) in [6.07, 6.45) is 0. The van der Waals surface area contributed by atoms with E-state index in [2.05, 4.69) is 5.32 Å². The number of nitro groups is 1. The highest BCUT2D eigenvalue weighted by atomic mass is 32.2. The van der Waals surface area contributed by atoms with Crippen LogP contribution in [0.1, 0.15) is 6.92 Å². The van der Waals surface area contributed by atoms with Crippen LogP contribution in [0.5, 0.6) is 0 Å².